The molecule has 2 aromatic carbocycles. The molecule has 0 bridgehead atoms. The smallest absolute Gasteiger partial charge is 0.289 e. The quantitative estimate of drug-likeness (QED) is 0.621. The second kappa shape index (κ2) is 8.26. The Labute approximate surface area is 166 Å². The lowest BCUT2D eigenvalue weighted by atomic mass is 10.0. The minimum Gasteiger partial charge on any atom is -0.459 e. The second-order valence-electron chi connectivity index (χ2n) is 6.73. The molecule has 1 aromatic heterocycles. The van der Waals surface area contributed by atoms with Crippen LogP contribution in [0.1, 0.15) is 28.1 Å². The van der Waals surface area contributed by atoms with Crippen LogP contribution in [0.5, 0.6) is 0 Å². The molecule has 1 unspecified atom stereocenters. The fourth-order valence-corrected chi connectivity index (χ4v) is 3.19. The Morgan fingerprint density at radius 2 is 1.86 bits per heavy atom. The summed E-state index contributed by atoms with van der Waals surface area (Å²) in [6, 6.07) is 15.5. The van der Waals surface area contributed by atoms with Crippen molar-refractivity contribution in [2.45, 2.75) is 19.1 Å². The first-order chi connectivity index (χ1) is 14.1. The Balaban J connectivity index is 1.49. The summed E-state index contributed by atoms with van der Waals surface area (Å²) in [6.45, 7) is 0.264. The van der Waals surface area contributed by atoms with Crippen LogP contribution in [0.4, 0.5) is 8.78 Å². The Hall–Kier alpha value is -3.48. The maximum absolute atomic E-state index is 14.1. The molecular formula is C22H18F2N2O3. The van der Waals surface area contributed by atoms with Crippen molar-refractivity contribution in [2.75, 3.05) is 6.54 Å². The molecular weight excluding hydrogens is 378 g/mol. The van der Waals surface area contributed by atoms with Gasteiger partial charge in [-0.3, -0.25) is 4.79 Å². The first-order valence-electron chi connectivity index (χ1n) is 9.15. The standard InChI is InChI=1S/C22H18F2N2O3/c23-17-9-7-15(8-10-17)20-12-18(29-25-20)14-26(22(27)21-6-3-11-28-21)13-16-4-1-2-5-19(16)24/h1-11,18H,12-14H2. The van der Waals surface area contributed by atoms with Crippen LogP contribution in [0.2, 0.25) is 0 Å². The summed E-state index contributed by atoms with van der Waals surface area (Å²) >= 11 is 0. The summed E-state index contributed by atoms with van der Waals surface area (Å²) in [4.78, 5) is 19.8. The zero-order chi connectivity index (χ0) is 20.2. The van der Waals surface area contributed by atoms with Crippen LogP contribution < -0.4 is 0 Å². The molecule has 0 saturated heterocycles. The first kappa shape index (κ1) is 18.9. The average Bonchev–Trinajstić information content (AvgIpc) is 3.41. The van der Waals surface area contributed by atoms with Crippen LogP contribution in [0.15, 0.2) is 76.5 Å². The van der Waals surface area contributed by atoms with Crippen molar-refractivity contribution in [2.24, 2.45) is 5.16 Å². The van der Waals surface area contributed by atoms with Gasteiger partial charge in [0.25, 0.3) is 5.91 Å². The molecule has 29 heavy (non-hydrogen) atoms. The van der Waals surface area contributed by atoms with Gasteiger partial charge in [-0.2, -0.15) is 0 Å². The lowest BCUT2D eigenvalue weighted by Gasteiger charge is -2.24. The number of carbonyl (C=O) groups excluding carboxylic acids is 1. The summed E-state index contributed by atoms with van der Waals surface area (Å²) in [5.74, 6) is -0.915. The van der Waals surface area contributed by atoms with E-state index in [0.29, 0.717) is 17.7 Å². The molecule has 0 N–H and O–H groups in total. The van der Waals surface area contributed by atoms with E-state index < -0.39 is 6.10 Å². The molecule has 1 aliphatic heterocycles. The Bertz CT molecular complexity index is 1020. The Morgan fingerprint density at radius 1 is 1.07 bits per heavy atom. The van der Waals surface area contributed by atoms with Crippen molar-refractivity contribution in [3.63, 3.8) is 0 Å². The van der Waals surface area contributed by atoms with E-state index in [4.69, 9.17) is 9.25 Å². The average molecular weight is 396 g/mol. The summed E-state index contributed by atoms with van der Waals surface area (Å²) in [5.41, 5.74) is 1.82. The van der Waals surface area contributed by atoms with Crippen molar-refractivity contribution < 1.29 is 22.8 Å². The number of hydrogen-bond acceptors (Lipinski definition) is 4. The number of benzene rings is 2. The molecule has 5 nitrogen and oxygen atoms in total. The Morgan fingerprint density at radius 3 is 2.59 bits per heavy atom. The number of oxime groups is 1. The van der Waals surface area contributed by atoms with Gasteiger partial charge in [-0.05, 0) is 35.9 Å². The van der Waals surface area contributed by atoms with Gasteiger partial charge >= 0.3 is 0 Å². The number of halogens is 2. The van der Waals surface area contributed by atoms with Gasteiger partial charge in [-0.25, -0.2) is 8.78 Å². The van der Waals surface area contributed by atoms with Crippen molar-refractivity contribution in [1.29, 1.82) is 0 Å². The van der Waals surface area contributed by atoms with Crippen molar-refractivity contribution in [1.82, 2.24) is 4.90 Å². The minimum absolute atomic E-state index is 0.0674. The van der Waals surface area contributed by atoms with Gasteiger partial charge in [-0.15, -0.1) is 0 Å². The fourth-order valence-electron chi connectivity index (χ4n) is 3.19. The van der Waals surface area contributed by atoms with Crippen molar-refractivity contribution in [3.05, 3.63) is 95.4 Å². The largest absolute Gasteiger partial charge is 0.459 e. The topological polar surface area (TPSA) is 55.0 Å². The molecule has 0 radical (unpaired) electrons. The first-order valence-corrected chi connectivity index (χ1v) is 9.15. The third-order valence-electron chi connectivity index (χ3n) is 4.67. The highest BCUT2D eigenvalue weighted by molar-refractivity contribution is 6.01. The molecule has 2 heterocycles. The van der Waals surface area contributed by atoms with E-state index in [-0.39, 0.29) is 36.4 Å². The molecule has 0 fully saturated rings. The van der Waals surface area contributed by atoms with Crippen LogP contribution >= 0.6 is 0 Å². The number of furan rings is 1. The minimum atomic E-state index is -0.402. The number of amides is 1. The highest BCUT2D eigenvalue weighted by Crippen LogP contribution is 2.21. The number of carbonyl (C=O) groups is 1. The van der Waals surface area contributed by atoms with Gasteiger partial charge in [0, 0.05) is 18.5 Å². The highest BCUT2D eigenvalue weighted by atomic mass is 19.1. The molecule has 1 atom stereocenters. The molecule has 148 valence electrons. The fraction of sp³-hybridized carbons (Fsp3) is 0.182. The van der Waals surface area contributed by atoms with E-state index in [1.165, 1.54) is 29.4 Å². The number of hydrogen-bond donors (Lipinski definition) is 0. The third kappa shape index (κ3) is 4.34. The van der Waals surface area contributed by atoms with Crippen LogP contribution in [-0.4, -0.2) is 29.2 Å². The zero-order valence-electron chi connectivity index (χ0n) is 15.4. The van der Waals surface area contributed by atoms with Crippen LogP contribution in [0, 0.1) is 11.6 Å². The lowest BCUT2D eigenvalue weighted by molar-refractivity contribution is 0.0385. The third-order valence-corrected chi connectivity index (χ3v) is 4.67. The van der Waals surface area contributed by atoms with Gasteiger partial charge in [-0.1, -0.05) is 35.5 Å². The second-order valence-corrected chi connectivity index (χ2v) is 6.73. The maximum atomic E-state index is 14.1. The molecule has 1 amide bonds. The van der Waals surface area contributed by atoms with E-state index in [0.717, 1.165) is 5.56 Å². The van der Waals surface area contributed by atoms with E-state index >= 15 is 0 Å². The van der Waals surface area contributed by atoms with E-state index in [1.807, 2.05) is 0 Å². The van der Waals surface area contributed by atoms with E-state index in [2.05, 4.69) is 5.16 Å². The number of nitrogens with zero attached hydrogens (tertiary/aromatic N) is 2. The van der Waals surface area contributed by atoms with Gasteiger partial charge in [0.05, 0.1) is 18.5 Å². The van der Waals surface area contributed by atoms with E-state index in [1.54, 1.807) is 42.5 Å². The maximum Gasteiger partial charge on any atom is 0.289 e. The van der Waals surface area contributed by atoms with E-state index in [9.17, 15) is 13.6 Å². The van der Waals surface area contributed by atoms with Gasteiger partial charge < -0.3 is 14.2 Å². The summed E-state index contributed by atoms with van der Waals surface area (Å²) in [5, 5.41) is 4.08. The van der Waals surface area contributed by atoms with Crippen LogP contribution in [-0.2, 0) is 11.4 Å². The predicted molar refractivity (Wildman–Crippen MR) is 102 cm³/mol. The highest BCUT2D eigenvalue weighted by Gasteiger charge is 2.28. The molecule has 7 heteroatoms. The summed E-state index contributed by atoms with van der Waals surface area (Å²) in [7, 11) is 0. The summed E-state index contributed by atoms with van der Waals surface area (Å²) < 4.78 is 32.5. The molecule has 4 rings (SSSR count). The number of rotatable bonds is 6. The Kier molecular flexibility index (Phi) is 5.37. The van der Waals surface area contributed by atoms with Gasteiger partial charge in [0.2, 0.25) is 0 Å². The molecule has 3 aromatic rings. The monoisotopic (exact) mass is 396 g/mol. The van der Waals surface area contributed by atoms with Crippen LogP contribution in [0.25, 0.3) is 0 Å². The molecule has 0 spiro atoms. The molecule has 1 aliphatic rings. The van der Waals surface area contributed by atoms with Gasteiger partial charge in [0.1, 0.15) is 11.6 Å². The van der Waals surface area contributed by atoms with Crippen molar-refractivity contribution in [3.8, 4) is 0 Å². The molecule has 0 saturated carbocycles. The normalized spacial score (nSPS) is 15.7. The SMILES string of the molecule is O=C(c1ccco1)N(Cc1ccccc1F)CC1CC(c2ccc(F)cc2)=NO1. The lowest BCUT2D eigenvalue weighted by Crippen LogP contribution is -2.37. The van der Waals surface area contributed by atoms with Gasteiger partial charge in [0.15, 0.2) is 11.9 Å². The predicted octanol–water partition coefficient (Wildman–Crippen LogP) is 4.39. The molecule has 0 aliphatic carbocycles. The van der Waals surface area contributed by atoms with Crippen molar-refractivity contribution >= 4 is 11.6 Å². The van der Waals surface area contributed by atoms with Crippen LogP contribution in [0.3, 0.4) is 0 Å². The zero-order valence-corrected chi connectivity index (χ0v) is 15.4. The summed E-state index contributed by atoms with van der Waals surface area (Å²) in [6.07, 6.45) is 1.46.